The summed E-state index contributed by atoms with van der Waals surface area (Å²) >= 11 is 3.99. The molecule has 0 fully saturated rings. The number of hydrogen-bond donors (Lipinski definition) is 5. The minimum Gasteiger partial charge on any atom is -0.480 e. The molecule has 0 aliphatic carbocycles. The van der Waals surface area contributed by atoms with Crippen LogP contribution in [0.2, 0.25) is 0 Å². The number of carboxylic acids is 1. The highest BCUT2D eigenvalue weighted by Gasteiger charge is 2.21. The van der Waals surface area contributed by atoms with Gasteiger partial charge in [-0.2, -0.15) is 12.6 Å². The molecule has 5 N–H and O–H groups in total. The quantitative estimate of drug-likeness (QED) is 0.157. The van der Waals surface area contributed by atoms with Crippen LogP contribution in [0.4, 0.5) is 0 Å². The zero-order valence-corrected chi connectivity index (χ0v) is 15.9. The molecule has 0 saturated heterocycles. The maximum atomic E-state index is 12.0. The van der Waals surface area contributed by atoms with E-state index in [1.165, 1.54) is 0 Å². The Balaban J connectivity index is 4.10. The third kappa shape index (κ3) is 11.7. The molecule has 0 radical (unpaired) electrons. The number of nitrogens with one attached hydrogen (secondary N) is 2. The largest absolute Gasteiger partial charge is 0.480 e. The number of carboxylic acid groups (broad SMARTS) is 1. The third-order valence-electron chi connectivity index (χ3n) is 3.50. The van der Waals surface area contributed by atoms with E-state index in [9.17, 15) is 19.2 Å². The van der Waals surface area contributed by atoms with Crippen LogP contribution < -0.4 is 16.4 Å². The Labute approximate surface area is 158 Å². The first kappa shape index (κ1) is 24.2. The van der Waals surface area contributed by atoms with E-state index in [1.807, 2.05) is 0 Å². The van der Waals surface area contributed by atoms with E-state index in [0.29, 0.717) is 6.61 Å². The van der Waals surface area contributed by atoms with Crippen LogP contribution in [0.3, 0.4) is 0 Å². The van der Waals surface area contributed by atoms with Crippen molar-refractivity contribution in [3.8, 4) is 0 Å². The summed E-state index contributed by atoms with van der Waals surface area (Å²) in [7, 11) is 0. The first-order valence-corrected chi connectivity index (χ1v) is 9.27. The second kappa shape index (κ2) is 14.4. The fraction of sp³-hybridized carbons (Fsp3) is 0.750. The molecule has 26 heavy (non-hydrogen) atoms. The fourth-order valence-electron chi connectivity index (χ4n) is 1.92. The Morgan fingerprint density at radius 2 is 1.88 bits per heavy atom. The number of carbonyl (C=O) groups excluding carboxylic acids is 3. The lowest BCUT2D eigenvalue weighted by Crippen LogP contribution is -2.49. The lowest BCUT2D eigenvalue weighted by Gasteiger charge is -2.16. The zero-order chi connectivity index (χ0) is 19.9. The van der Waals surface area contributed by atoms with E-state index in [-0.39, 0.29) is 25.1 Å². The Morgan fingerprint density at radius 1 is 1.19 bits per heavy atom. The minimum absolute atomic E-state index is 0.0224. The van der Waals surface area contributed by atoms with E-state index >= 15 is 0 Å². The van der Waals surface area contributed by atoms with Crippen molar-refractivity contribution in [3.63, 3.8) is 0 Å². The smallest absolute Gasteiger partial charge is 0.325 e. The van der Waals surface area contributed by atoms with Crippen LogP contribution in [0, 0.1) is 0 Å². The van der Waals surface area contributed by atoms with Crippen LogP contribution in [0.1, 0.15) is 45.4 Å². The average molecular weight is 391 g/mol. The summed E-state index contributed by atoms with van der Waals surface area (Å²) in [6.45, 7) is 2.10. The molecule has 0 spiro atoms. The first-order chi connectivity index (χ1) is 12.3. The van der Waals surface area contributed by atoms with Gasteiger partial charge in [-0.3, -0.25) is 19.2 Å². The van der Waals surface area contributed by atoms with E-state index in [4.69, 9.17) is 15.6 Å². The van der Waals surface area contributed by atoms with Crippen molar-refractivity contribution in [2.45, 2.75) is 57.5 Å². The summed E-state index contributed by atoms with van der Waals surface area (Å²) < 4.78 is 4.99. The second-order valence-electron chi connectivity index (χ2n) is 5.79. The molecule has 0 aliphatic heterocycles. The molecule has 9 nitrogen and oxygen atoms in total. The molecule has 2 amide bonds. The Morgan fingerprint density at radius 3 is 2.46 bits per heavy atom. The van der Waals surface area contributed by atoms with Gasteiger partial charge in [-0.1, -0.05) is 26.2 Å². The number of aliphatic carboxylic acids is 1. The molecule has 2 atom stereocenters. The topological polar surface area (TPSA) is 148 Å². The number of thiol groups is 1. The number of ether oxygens (including phenoxy) is 1. The normalized spacial score (nSPS) is 12.7. The van der Waals surface area contributed by atoms with Crippen LogP contribution in [-0.4, -0.2) is 59.8 Å². The van der Waals surface area contributed by atoms with Crippen LogP contribution in [0.5, 0.6) is 0 Å². The van der Waals surface area contributed by atoms with Crippen LogP contribution in [0.25, 0.3) is 0 Å². The third-order valence-corrected chi connectivity index (χ3v) is 3.87. The van der Waals surface area contributed by atoms with Crippen molar-refractivity contribution in [2.24, 2.45) is 5.73 Å². The number of esters is 1. The first-order valence-electron chi connectivity index (χ1n) is 8.63. The molecular formula is C16H29N3O6S. The molecule has 0 unspecified atom stereocenters. The number of hydrogen-bond acceptors (Lipinski definition) is 7. The van der Waals surface area contributed by atoms with E-state index < -0.39 is 35.8 Å². The number of unbranched alkanes of at least 4 members (excludes halogenated alkanes) is 3. The minimum atomic E-state index is -1.20. The molecule has 10 heteroatoms. The maximum Gasteiger partial charge on any atom is 0.325 e. The molecule has 150 valence electrons. The van der Waals surface area contributed by atoms with E-state index in [2.05, 4.69) is 30.2 Å². The van der Waals surface area contributed by atoms with Gasteiger partial charge in [0, 0.05) is 12.2 Å². The average Bonchev–Trinajstić information content (AvgIpc) is 2.61. The van der Waals surface area contributed by atoms with Crippen LogP contribution >= 0.6 is 12.6 Å². The standard InChI is InChI=1S/C16H29N3O6S/c1-2-3-4-5-8-25-14(21)9-18-15(22)12(10-26)19-13(20)7-6-11(17)16(23)24/h11-12,26H,2-10,17H2,1H3,(H,18,22)(H,19,20)(H,23,24)/t11-,12-/m0/s1. The van der Waals surface area contributed by atoms with Crippen molar-refractivity contribution < 1.29 is 29.0 Å². The molecule has 0 saturated carbocycles. The van der Waals surface area contributed by atoms with Gasteiger partial charge in [0.2, 0.25) is 11.8 Å². The molecule has 0 aromatic carbocycles. The van der Waals surface area contributed by atoms with Crippen molar-refractivity contribution >= 4 is 36.4 Å². The fourth-order valence-corrected chi connectivity index (χ4v) is 2.18. The molecular weight excluding hydrogens is 362 g/mol. The predicted molar refractivity (Wildman–Crippen MR) is 98.7 cm³/mol. The van der Waals surface area contributed by atoms with Crippen molar-refractivity contribution in [3.05, 3.63) is 0 Å². The summed E-state index contributed by atoms with van der Waals surface area (Å²) in [6.07, 6.45) is 3.74. The molecule has 0 bridgehead atoms. The van der Waals surface area contributed by atoms with Gasteiger partial charge >= 0.3 is 11.9 Å². The van der Waals surface area contributed by atoms with Crippen molar-refractivity contribution in [1.29, 1.82) is 0 Å². The molecule has 0 aromatic rings. The molecule has 0 heterocycles. The van der Waals surface area contributed by atoms with Gasteiger partial charge in [0.25, 0.3) is 0 Å². The lowest BCUT2D eigenvalue weighted by atomic mass is 10.1. The highest BCUT2D eigenvalue weighted by atomic mass is 32.1. The van der Waals surface area contributed by atoms with Gasteiger partial charge in [-0.05, 0) is 12.8 Å². The van der Waals surface area contributed by atoms with Gasteiger partial charge in [-0.25, -0.2) is 0 Å². The molecule has 0 aromatic heterocycles. The van der Waals surface area contributed by atoms with Crippen molar-refractivity contribution in [1.82, 2.24) is 10.6 Å². The number of rotatable bonds is 14. The summed E-state index contributed by atoms with van der Waals surface area (Å²) in [5.41, 5.74) is 5.31. The zero-order valence-electron chi connectivity index (χ0n) is 15.0. The van der Waals surface area contributed by atoms with Crippen molar-refractivity contribution in [2.75, 3.05) is 18.9 Å². The summed E-state index contributed by atoms with van der Waals surface area (Å²) in [6, 6.07) is -2.08. The molecule has 0 rings (SSSR count). The molecule has 0 aliphatic rings. The number of carbonyl (C=O) groups is 4. The monoisotopic (exact) mass is 391 g/mol. The van der Waals surface area contributed by atoms with Gasteiger partial charge in [-0.15, -0.1) is 0 Å². The maximum absolute atomic E-state index is 12.0. The number of amides is 2. The lowest BCUT2D eigenvalue weighted by molar-refractivity contribution is -0.144. The second-order valence-corrected chi connectivity index (χ2v) is 6.15. The SMILES string of the molecule is CCCCCCOC(=O)CNC(=O)[C@H](CS)NC(=O)CC[C@H](N)C(=O)O. The van der Waals surface area contributed by atoms with Gasteiger partial charge in [0.15, 0.2) is 0 Å². The van der Waals surface area contributed by atoms with Crippen LogP contribution in [0.15, 0.2) is 0 Å². The summed E-state index contributed by atoms with van der Waals surface area (Å²) in [4.78, 5) is 45.9. The van der Waals surface area contributed by atoms with Gasteiger partial charge in [0.1, 0.15) is 18.6 Å². The highest BCUT2D eigenvalue weighted by molar-refractivity contribution is 7.80. The Kier molecular flexibility index (Phi) is 13.4. The predicted octanol–water partition coefficient (Wildman–Crippen LogP) is -0.167. The van der Waals surface area contributed by atoms with Crippen LogP contribution in [-0.2, 0) is 23.9 Å². The number of nitrogens with two attached hydrogens (primary N) is 1. The summed E-state index contributed by atoms with van der Waals surface area (Å²) in [5, 5.41) is 13.5. The summed E-state index contributed by atoms with van der Waals surface area (Å²) in [5.74, 6) is -2.82. The Hall–Kier alpha value is -1.81. The Bertz CT molecular complexity index is 475. The van der Waals surface area contributed by atoms with E-state index in [0.717, 1.165) is 25.7 Å². The van der Waals surface area contributed by atoms with E-state index in [1.54, 1.807) is 0 Å². The van der Waals surface area contributed by atoms with Gasteiger partial charge < -0.3 is 26.2 Å². The highest BCUT2D eigenvalue weighted by Crippen LogP contribution is 1.99. The van der Waals surface area contributed by atoms with Gasteiger partial charge in [0.05, 0.1) is 6.61 Å².